The second kappa shape index (κ2) is 4.66. The van der Waals surface area contributed by atoms with Crippen LogP contribution in [0, 0.1) is 0 Å². The van der Waals surface area contributed by atoms with E-state index in [1.165, 1.54) is 0 Å². The Labute approximate surface area is 95.7 Å². The molecule has 1 aliphatic heterocycles. The number of rotatable bonds is 2. The van der Waals surface area contributed by atoms with E-state index in [1.54, 1.807) is 4.90 Å². The van der Waals surface area contributed by atoms with Crippen LogP contribution in [0.2, 0.25) is 0 Å². The van der Waals surface area contributed by atoms with Gasteiger partial charge in [-0.15, -0.1) is 0 Å². The summed E-state index contributed by atoms with van der Waals surface area (Å²) in [6.07, 6.45) is 1.54. The third kappa shape index (κ3) is 2.09. The second-order valence-corrected chi connectivity index (χ2v) is 4.18. The highest BCUT2D eigenvalue weighted by atomic mass is 16.3. The van der Waals surface area contributed by atoms with E-state index in [0.717, 1.165) is 17.7 Å². The summed E-state index contributed by atoms with van der Waals surface area (Å²) in [5.74, 6) is 0.117. The Morgan fingerprint density at radius 2 is 2.19 bits per heavy atom. The monoisotopic (exact) mass is 219 g/mol. The van der Waals surface area contributed by atoms with E-state index >= 15 is 0 Å². The molecule has 1 N–H and O–H groups in total. The number of nitrogens with zero attached hydrogens (tertiary/aromatic N) is 1. The van der Waals surface area contributed by atoms with E-state index in [0.29, 0.717) is 19.4 Å². The number of anilines is 1. The van der Waals surface area contributed by atoms with Gasteiger partial charge in [-0.1, -0.05) is 25.1 Å². The molecule has 1 aliphatic rings. The fourth-order valence-electron chi connectivity index (χ4n) is 2.13. The van der Waals surface area contributed by atoms with Crippen molar-refractivity contribution >= 4 is 11.6 Å². The van der Waals surface area contributed by atoms with Crippen LogP contribution in [-0.4, -0.2) is 23.7 Å². The van der Waals surface area contributed by atoms with Crippen molar-refractivity contribution in [3.8, 4) is 0 Å². The molecule has 1 amide bonds. The van der Waals surface area contributed by atoms with Crippen LogP contribution in [0.15, 0.2) is 24.3 Å². The van der Waals surface area contributed by atoms with Gasteiger partial charge in [0.25, 0.3) is 0 Å². The van der Waals surface area contributed by atoms with Crippen LogP contribution in [0.5, 0.6) is 0 Å². The Morgan fingerprint density at radius 3 is 2.94 bits per heavy atom. The van der Waals surface area contributed by atoms with Gasteiger partial charge in [-0.2, -0.15) is 0 Å². The number of amides is 1. The quantitative estimate of drug-likeness (QED) is 0.823. The molecule has 1 heterocycles. The lowest BCUT2D eigenvalue weighted by Gasteiger charge is -2.31. The van der Waals surface area contributed by atoms with Crippen molar-refractivity contribution in [2.24, 2.45) is 0 Å². The van der Waals surface area contributed by atoms with E-state index < -0.39 is 0 Å². The predicted octanol–water partition coefficient (Wildman–Crippen LogP) is 1.74. The third-order valence-electron chi connectivity index (χ3n) is 3.05. The highest BCUT2D eigenvalue weighted by Gasteiger charge is 2.26. The van der Waals surface area contributed by atoms with Gasteiger partial charge < -0.3 is 10.0 Å². The summed E-state index contributed by atoms with van der Waals surface area (Å²) < 4.78 is 0. The maximum atomic E-state index is 11.8. The highest BCUT2D eigenvalue weighted by Crippen LogP contribution is 2.25. The first kappa shape index (κ1) is 11.1. The van der Waals surface area contributed by atoms with Crippen LogP contribution >= 0.6 is 0 Å². The zero-order valence-corrected chi connectivity index (χ0v) is 9.52. The van der Waals surface area contributed by atoms with Crippen molar-refractivity contribution in [2.75, 3.05) is 11.4 Å². The Bertz CT molecular complexity index is 389. The highest BCUT2D eigenvalue weighted by molar-refractivity contribution is 5.94. The van der Waals surface area contributed by atoms with Gasteiger partial charge in [0.2, 0.25) is 5.91 Å². The van der Waals surface area contributed by atoms with Crippen molar-refractivity contribution in [3.63, 3.8) is 0 Å². The van der Waals surface area contributed by atoms with Crippen LogP contribution in [-0.2, 0) is 11.2 Å². The van der Waals surface area contributed by atoms with Crippen LogP contribution in [0.1, 0.15) is 25.3 Å². The lowest BCUT2D eigenvalue weighted by Crippen LogP contribution is -2.42. The summed E-state index contributed by atoms with van der Waals surface area (Å²) in [7, 11) is 0. The smallest absolute Gasteiger partial charge is 0.227 e. The molecule has 0 saturated carbocycles. The lowest BCUT2D eigenvalue weighted by atomic mass is 10.0. The zero-order chi connectivity index (χ0) is 11.5. The molecule has 0 bridgehead atoms. The minimum Gasteiger partial charge on any atom is -0.391 e. The van der Waals surface area contributed by atoms with Crippen molar-refractivity contribution in [1.82, 2.24) is 0 Å². The number of para-hydroxylation sites is 1. The number of hydrogen-bond acceptors (Lipinski definition) is 2. The topological polar surface area (TPSA) is 40.5 Å². The molecule has 3 nitrogen and oxygen atoms in total. The Kier molecular flexibility index (Phi) is 3.25. The van der Waals surface area contributed by atoms with Crippen LogP contribution in [0.25, 0.3) is 0 Å². The molecule has 0 radical (unpaired) electrons. The number of aliphatic hydroxyl groups is 1. The number of piperidine rings is 1. The first-order valence-corrected chi connectivity index (χ1v) is 5.78. The molecule has 1 fully saturated rings. The summed E-state index contributed by atoms with van der Waals surface area (Å²) >= 11 is 0. The van der Waals surface area contributed by atoms with E-state index in [9.17, 15) is 9.90 Å². The van der Waals surface area contributed by atoms with Crippen LogP contribution in [0.4, 0.5) is 5.69 Å². The minimum absolute atomic E-state index is 0.117. The number of carbonyl (C=O) groups is 1. The van der Waals surface area contributed by atoms with Crippen molar-refractivity contribution < 1.29 is 9.90 Å². The first-order chi connectivity index (χ1) is 7.72. The molecule has 2 rings (SSSR count). The number of hydrogen-bond donors (Lipinski definition) is 1. The molecule has 1 saturated heterocycles. The third-order valence-corrected chi connectivity index (χ3v) is 3.05. The molecule has 1 unspecified atom stereocenters. The van der Waals surface area contributed by atoms with Crippen molar-refractivity contribution in [3.05, 3.63) is 29.8 Å². The van der Waals surface area contributed by atoms with E-state index in [1.807, 2.05) is 24.3 Å². The fraction of sp³-hybridized carbons (Fsp3) is 0.462. The molecular formula is C13H17NO2. The summed E-state index contributed by atoms with van der Waals surface area (Å²) in [6.45, 7) is 2.50. The Hall–Kier alpha value is -1.35. The average molecular weight is 219 g/mol. The number of carbonyl (C=O) groups excluding carboxylic acids is 1. The molecule has 0 aromatic heterocycles. The van der Waals surface area contributed by atoms with Gasteiger partial charge in [0.05, 0.1) is 12.6 Å². The van der Waals surface area contributed by atoms with E-state index in [-0.39, 0.29) is 12.0 Å². The molecule has 1 aromatic rings. The Morgan fingerprint density at radius 1 is 1.44 bits per heavy atom. The zero-order valence-electron chi connectivity index (χ0n) is 9.52. The minimum atomic E-state index is -0.386. The van der Waals surface area contributed by atoms with Gasteiger partial charge in [0.15, 0.2) is 0 Å². The van der Waals surface area contributed by atoms with Gasteiger partial charge in [-0.3, -0.25) is 4.79 Å². The van der Waals surface area contributed by atoms with Gasteiger partial charge >= 0.3 is 0 Å². The molecular weight excluding hydrogens is 202 g/mol. The average Bonchev–Trinajstić information content (AvgIpc) is 2.32. The molecule has 0 aliphatic carbocycles. The molecule has 1 atom stereocenters. The number of aliphatic hydroxyl groups excluding tert-OH is 1. The SMILES string of the molecule is CCc1ccccc1N1CC(O)CCC1=O. The fourth-order valence-corrected chi connectivity index (χ4v) is 2.13. The molecule has 3 heteroatoms. The van der Waals surface area contributed by atoms with Gasteiger partial charge in [-0.25, -0.2) is 0 Å². The first-order valence-electron chi connectivity index (χ1n) is 5.78. The molecule has 1 aromatic carbocycles. The van der Waals surface area contributed by atoms with E-state index in [4.69, 9.17) is 0 Å². The standard InChI is InChI=1S/C13H17NO2/c1-2-10-5-3-4-6-12(10)14-9-11(15)7-8-13(14)16/h3-6,11,15H,2,7-9H2,1H3. The van der Waals surface area contributed by atoms with Crippen LogP contribution in [0.3, 0.4) is 0 Å². The number of benzene rings is 1. The van der Waals surface area contributed by atoms with Crippen molar-refractivity contribution in [1.29, 1.82) is 0 Å². The number of β-amino-alcohol motifs (C(OH)–C–C–N with tert-alkyl or cyclic N) is 1. The normalized spacial score (nSPS) is 21.2. The van der Waals surface area contributed by atoms with Gasteiger partial charge in [0.1, 0.15) is 0 Å². The predicted molar refractivity (Wildman–Crippen MR) is 63.4 cm³/mol. The Balaban J connectivity index is 2.31. The summed E-state index contributed by atoms with van der Waals surface area (Å²) in [6, 6.07) is 7.90. The van der Waals surface area contributed by atoms with Crippen molar-refractivity contribution in [2.45, 2.75) is 32.3 Å². The summed E-state index contributed by atoms with van der Waals surface area (Å²) in [4.78, 5) is 13.5. The summed E-state index contributed by atoms with van der Waals surface area (Å²) in [5.41, 5.74) is 2.11. The number of aryl methyl sites for hydroxylation is 1. The van der Waals surface area contributed by atoms with Gasteiger partial charge in [0, 0.05) is 12.1 Å². The van der Waals surface area contributed by atoms with Gasteiger partial charge in [-0.05, 0) is 24.5 Å². The molecule has 16 heavy (non-hydrogen) atoms. The lowest BCUT2D eigenvalue weighted by molar-refractivity contribution is -0.121. The second-order valence-electron chi connectivity index (χ2n) is 4.18. The maximum absolute atomic E-state index is 11.8. The largest absolute Gasteiger partial charge is 0.391 e. The summed E-state index contributed by atoms with van der Waals surface area (Å²) in [5, 5.41) is 9.63. The van der Waals surface area contributed by atoms with E-state index in [2.05, 4.69) is 6.92 Å². The molecule has 0 spiro atoms. The maximum Gasteiger partial charge on any atom is 0.227 e. The van der Waals surface area contributed by atoms with Crippen LogP contribution < -0.4 is 4.90 Å². The molecule has 86 valence electrons.